The van der Waals surface area contributed by atoms with Gasteiger partial charge >= 0.3 is 5.97 Å². The first kappa shape index (κ1) is 8.74. The minimum Gasteiger partial charge on any atom is -0.504 e. The van der Waals surface area contributed by atoms with Gasteiger partial charge in [0.05, 0.1) is 30.3 Å². The number of cyclic esters (lactones) is 1. The molecule has 1 aliphatic heterocycles. The summed E-state index contributed by atoms with van der Waals surface area (Å²) in [5.74, 6) is -0.297. The summed E-state index contributed by atoms with van der Waals surface area (Å²) in [6.45, 7) is 0.267. The predicted octanol–water partition coefficient (Wildman–Crippen LogP) is 1.37. The summed E-state index contributed by atoms with van der Waals surface area (Å²) in [5, 5.41) is 0. The number of fused-ring (bicyclic) bond motifs is 1. The van der Waals surface area contributed by atoms with Crippen molar-refractivity contribution in [3.63, 3.8) is 0 Å². The molecule has 0 saturated heterocycles. The Morgan fingerprint density at radius 3 is 3.21 bits per heavy atom. The highest BCUT2D eigenvalue weighted by atomic mass is 16.5. The molecule has 0 unspecified atom stereocenters. The summed E-state index contributed by atoms with van der Waals surface area (Å²) < 4.78 is 9.59. The van der Waals surface area contributed by atoms with Crippen LogP contribution in [0.3, 0.4) is 0 Å². The van der Waals surface area contributed by atoms with E-state index in [1.807, 2.05) is 0 Å². The highest BCUT2D eigenvalue weighted by Crippen LogP contribution is 2.18. The van der Waals surface area contributed by atoms with Crippen LogP contribution in [0.5, 0.6) is 0 Å². The van der Waals surface area contributed by atoms with Crippen molar-refractivity contribution in [1.29, 1.82) is 0 Å². The number of nitrogens with zero attached hydrogens (tertiary/aromatic N) is 1. The van der Waals surface area contributed by atoms with Gasteiger partial charge in [0.1, 0.15) is 6.61 Å². The Labute approximate surface area is 81.2 Å². The SMILES string of the molecule is CO/C=C\c1ccc2c(n1)COC2=O. The van der Waals surface area contributed by atoms with Crippen molar-refractivity contribution in [3.05, 3.63) is 35.3 Å². The van der Waals surface area contributed by atoms with E-state index in [-0.39, 0.29) is 12.6 Å². The van der Waals surface area contributed by atoms with Crippen LogP contribution in [0.25, 0.3) is 6.08 Å². The Morgan fingerprint density at radius 2 is 2.43 bits per heavy atom. The fourth-order valence-electron chi connectivity index (χ4n) is 1.26. The predicted molar refractivity (Wildman–Crippen MR) is 49.4 cm³/mol. The third-order valence-corrected chi connectivity index (χ3v) is 1.93. The number of ether oxygens (including phenoxy) is 2. The average Bonchev–Trinajstić information content (AvgIpc) is 2.57. The molecule has 1 aromatic heterocycles. The zero-order valence-electron chi connectivity index (χ0n) is 7.69. The van der Waals surface area contributed by atoms with E-state index in [0.717, 1.165) is 5.69 Å². The van der Waals surface area contributed by atoms with E-state index in [4.69, 9.17) is 9.47 Å². The second-order valence-electron chi connectivity index (χ2n) is 2.84. The van der Waals surface area contributed by atoms with Gasteiger partial charge in [-0.2, -0.15) is 0 Å². The van der Waals surface area contributed by atoms with E-state index in [0.29, 0.717) is 11.3 Å². The van der Waals surface area contributed by atoms with Crippen molar-refractivity contribution in [2.24, 2.45) is 0 Å². The van der Waals surface area contributed by atoms with Gasteiger partial charge in [-0.1, -0.05) is 0 Å². The topological polar surface area (TPSA) is 48.4 Å². The second-order valence-corrected chi connectivity index (χ2v) is 2.84. The number of methoxy groups -OCH3 is 1. The molecule has 0 atom stereocenters. The van der Waals surface area contributed by atoms with Gasteiger partial charge in [-0.05, 0) is 18.2 Å². The zero-order chi connectivity index (χ0) is 9.97. The molecule has 1 aromatic rings. The minimum absolute atomic E-state index is 0.267. The molecule has 14 heavy (non-hydrogen) atoms. The van der Waals surface area contributed by atoms with Crippen molar-refractivity contribution in [1.82, 2.24) is 4.98 Å². The van der Waals surface area contributed by atoms with E-state index < -0.39 is 0 Å². The first-order valence-corrected chi connectivity index (χ1v) is 4.17. The van der Waals surface area contributed by atoms with Crippen LogP contribution >= 0.6 is 0 Å². The molecule has 4 heteroatoms. The lowest BCUT2D eigenvalue weighted by Gasteiger charge is -1.95. The van der Waals surface area contributed by atoms with Crippen LogP contribution in [-0.4, -0.2) is 18.1 Å². The van der Waals surface area contributed by atoms with E-state index in [1.54, 1.807) is 25.3 Å². The van der Waals surface area contributed by atoms with Crippen LogP contribution in [-0.2, 0) is 16.1 Å². The molecule has 2 rings (SSSR count). The van der Waals surface area contributed by atoms with E-state index in [2.05, 4.69) is 4.98 Å². The summed E-state index contributed by atoms with van der Waals surface area (Å²) in [6.07, 6.45) is 3.26. The lowest BCUT2D eigenvalue weighted by Crippen LogP contribution is -1.94. The van der Waals surface area contributed by atoms with Gasteiger partial charge < -0.3 is 9.47 Å². The highest BCUT2D eigenvalue weighted by molar-refractivity contribution is 5.92. The molecule has 2 heterocycles. The third-order valence-electron chi connectivity index (χ3n) is 1.93. The zero-order valence-corrected chi connectivity index (χ0v) is 7.69. The minimum atomic E-state index is -0.297. The fraction of sp³-hybridized carbons (Fsp3) is 0.200. The van der Waals surface area contributed by atoms with E-state index in [1.165, 1.54) is 6.26 Å². The molecule has 0 N–H and O–H groups in total. The Hall–Kier alpha value is -1.84. The van der Waals surface area contributed by atoms with Crippen molar-refractivity contribution >= 4 is 12.0 Å². The first-order chi connectivity index (χ1) is 6.81. The van der Waals surface area contributed by atoms with Crippen LogP contribution in [0.1, 0.15) is 21.7 Å². The monoisotopic (exact) mass is 191 g/mol. The van der Waals surface area contributed by atoms with Gasteiger partial charge in [-0.25, -0.2) is 9.78 Å². The van der Waals surface area contributed by atoms with Crippen LogP contribution in [0.15, 0.2) is 18.4 Å². The van der Waals surface area contributed by atoms with Gasteiger partial charge in [0.25, 0.3) is 0 Å². The number of hydrogen-bond donors (Lipinski definition) is 0. The fourth-order valence-corrected chi connectivity index (χ4v) is 1.26. The van der Waals surface area contributed by atoms with Gasteiger partial charge in [0, 0.05) is 0 Å². The summed E-state index contributed by atoms with van der Waals surface area (Å²) >= 11 is 0. The largest absolute Gasteiger partial charge is 0.504 e. The Bertz CT molecular complexity index is 398. The molecule has 0 fully saturated rings. The van der Waals surface area contributed by atoms with Crippen LogP contribution in [0, 0.1) is 0 Å². The standard InChI is InChI=1S/C10H9NO3/c1-13-5-4-7-2-3-8-9(11-7)6-14-10(8)12/h2-5H,6H2,1H3/b5-4-. The maximum absolute atomic E-state index is 11.1. The molecule has 4 nitrogen and oxygen atoms in total. The van der Waals surface area contributed by atoms with Crippen molar-refractivity contribution in [3.8, 4) is 0 Å². The van der Waals surface area contributed by atoms with Gasteiger partial charge in [-0.3, -0.25) is 0 Å². The number of esters is 1. The lowest BCUT2D eigenvalue weighted by molar-refractivity contribution is 0.0533. The Balaban J connectivity index is 2.32. The summed E-state index contributed by atoms with van der Waals surface area (Å²) in [5.41, 5.74) is 2.00. The van der Waals surface area contributed by atoms with Crippen molar-refractivity contribution in [2.45, 2.75) is 6.61 Å². The normalized spacial score (nSPS) is 14.2. The Morgan fingerprint density at radius 1 is 1.57 bits per heavy atom. The molecule has 0 aliphatic carbocycles. The number of hydrogen-bond acceptors (Lipinski definition) is 4. The molecular formula is C10H9NO3. The summed E-state index contributed by atoms with van der Waals surface area (Å²) in [6, 6.07) is 3.47. The molecule has 0 spiro atoms. The van der Waals surface area contributed by atoms with Gasteiger partial charge in [0.15, 0.2) is 0 Å². The number of aromatic nitrogens is 1. The number of rotatable bonds is 2. The quantitative estimate of drug-likeness (QED) is 0.523. The van der Waals surface area contributed by atoms with Crippen LogP contribution in [0.4, 0.5) is 0 Å². The van der Waals surface area contributed by atoms with E-state index >= 15 is 0 Å². The maximum atomic E-state index is 11.1. The first-order valence-electron chi connectivity index (χ1n) is 4.17. The molecule has 1 aliphatic rings. The summed E-state index contributed by atoms with van der Waals surface area (Å²) in [7, 11) is 1.57. The smallest absolute Gasteiger partial charge is 0.340 e. The molecule has 0 aromatic carbocycles. The van der Waals surface area contributed by atoms with Crippen LogP contribution in [0.2, 0.25) is 0 Å². The molecular weight excluding hydrogens is 182 g/mol. The maximum Gasteiger partial charge on any atom is 0.340 e. The van der Waals surface area contributed by atoms with E-state index in [9.17, 15) is 4.79 Å². The molecule has 0 amide bonds. The average molecular weight is 191 g/mol. The summed E-state index contributed by atoms with van der Waals surface area (Å²) in [4.78, 5) is 15.3. The second kappa shape index (κ2) is 3.49. The van der Waals surface area contributed by atoms with Crippen molar-refractivity contribution in [2.75, 3.05) is 7.11 Å². The van der Waals surface area contributed by atoms with Gasteiger partial charge in [-0.15, -0.1) is 0 Å². The number of pyridine rings is 1. The Kier molecular flexibility index (Phi) is 2.18. The molecule has 0 bridgehead atoms. The van der Waals surface area contributed by atoms with Crippen LogP contribution < -0.4 is 0 Å². The third kappa shape index (κ3) is 1.46. The highest BCUT2D eigenvalue weighted by Gasteiger charge is 2.21. The lowest BCUT2D eigenvalue weighted by atomic mass is 10.2. The number of carbonyl (C=O) groups is 1. The molecule has 0 radical (unpaired) electrons. The molecule has 72 valence electrons. The number of carbonyl (C=O) groups excluding carboxylic acids is 1. The van der Waals surface area contributed by atoms with Gasteiger partial charge in [0.2, 0.25) is 0 Å². The molecule has 0 saturated carbocycles. The van der Waals surface area contributed by atoms with Crippen molar-refractivity contribution < 1.29 is 14.3 Å².